The third-order valence-corrected chi connectivity index (χ3v) is 3.70. The summed E-state index contributed by atoms with van der Waals surface area (Å²) in [5, 5.41) is 0. The number of nitrogens with two attached hydrogens (primary N) is 2. The van der Waals surface area contributed by atoms with E-state index in [2.05, 4.69) is 0 Å². The first kappa shape index (κ1) is 14.5. The Morgan fingerprint density at radius 1 is 1.30 bits per heavy atom. The van der Waals surface area contributed by atoms with E-state index in [4.69, 9.17) is 11.5 Å². The molecular weight excluding hydrogens is 254 g/mol. The zero-order valence-corrected chi connectivity index (χ0v) is 11.5. The van der Waals surface area contributed by atoms with Crippen LogP contribution in [-0.2, 0) is 11.2 Å². The summed E-state index contributed by atoms with van der Waals surface area (Å²) < 4.78 is 0. The van der Waals surface area contributed by atoms with Gasteiger partial charge in [0.05, 0.1) is 0 Å². The lowest BCUT2D eigenvalue weighted by molar-refractivity contribution is -0.123. The van der Waals surface area contributed by atoms with Gasteiger partial charge in [0.2, 0.25) is 5.91 Å². The van der Waals surface area contributed by atoms with E-state index in [1.165, 1.54) is 0 Å². The van der Waals surface area contributed by atoms with E-state index >= 15 is 0 Å². The molecule has 1 aromatic carbocycles. The van der Waals surface area contributed by atoms with E-state index in [0.29, 0.717) is 25.1 Å². The Labute approximate surface area is 118 Å². The first-order chi connectivity index (χ1) is 9.63. The van der Waals surface area contributed by atoms with Crippen molar-refractivity contribution < 1.29 is 9.59 Å². The van der Waals surface area contributed by atoms with Gasteiger partial charge in [-0.3, -0.25) is 9.59 Å². The Morgan fingerprint density at radius 2 is 2.10 bits per heavy atom. The first-order valence-corrected chi connectivity index (χ1v) is 7.03. The molecule has 20 heavy (non-hydrogen) atoms. The molecular formula is C15H21N3O2. The molecule has 0 aromatic heterocycles. The standard InChI is InChI=1S/C15H21N3O2/c16-8-7-11-4-3-5-12(10-11)15(20)18-9-2-1-6-13(18)14(17)19/h3-5,10,13H,1-2,6-9,16H2,(H2,17,19). The number of rotatable bonds is 4. The van der Waals surface area contributed by atoms with Crippen molar-refractivity contribution in [3.8, 4) is 0 Å². The fourth-order valence-corrected chi connectivity index (χ4v) is 2.66. The smallest absolute Gasteiger partial charge is 0.254 e. The van der Waals surface area contributed by atoms with Crippen LogP contribution in [0.25, 0.3) is 0 Å². The highest BCUT2D eigenvalue weighted by molar-refractivity contribution is 5.97. The predicted octanol–water partition coefficient (Wildman–Crippen LogP) is 0.668. The Kier molecular flexibility index (Phi) is 4.74. The Bertz CT molecular complexity index is 502. The van der Waals surface area contributed by atoms with Gasteiger partial charge in [0.1, 0.15) is 6.04 Å². The van der Waals surface area contributed by atoms with Gasteiger partial charge < -0.3 is 16.4 Å². The van der Waals surface area contributed by atoms with E-state index in [0.717, 1.165) is 24.8 Å². The molecule has 2 rings (SSSR count). The maximum absolute atomic E-state index is 12.6. The average molecular weight is 275 g/mol. The van der Waals surface area contributed by atoms with Crippen LogP contribution in [0.5, 0.6) is 0 Å². The minimum absolute atomic E-state index is 0.118. The van der Waals surface area contributed by atoms with Crippen LogP contribution in [0.2, 0.25) is 0 Å². The summed E-state index contributed by atoms with van der Waals surface area (Å²) >= 11 is 0. The van der Waals surface area contributed by atoms with Crippen molar-refractivity contribution in [2.75, 3.05) is 13.1 Å². The maximum Gasteiger partial charge on any atom is 0.254 e. The Balaban J connectivity index is 2.20. The maximum atomic E-state index is 12.6. The van der Waals surface area contributed by atoms with Gasteiger partial charge in [0, 0.05) is 12.1 Å². The Hall–Kier alpha value is -1.88. The quantitative estimate of drug-likeness (QED) is 0.846. The van der Waals surface area contributed by atoms with E-state index in [1.807, 2.05) is 18.2 Å². The molecule has 1 fully saturated rings. The summed E-state index contributed by atoms with van der Waals surface area (Å²) in [5.74, 6) is -0.538. The second kappa shape index (κ2) is 6.52. The van der Waals surface area contributed by atoms with Crippen LogP contribution in [0.4, 0.5) is 0 Å². The number of likely N-dealkylation sites (tertiary alicyclic amines) is 1. The van der Waals surface area contributed by atoms with Crippen LogP contribution in [0.1, 0.15) is 35.2 Å². The number of hydrogen-bond acceptors (Lipinski definition) is 3. The number of carbonyl (C=O) groups is 2. The monoisotopic (exact) mass is 275 g/mol. The first-order valence-electron chi connectivity index (χ1n) is 7.03. The van der Waals surface area contributed by atoms with Crippen molar-refractivity contribution in [1.82, 2.24) is 4.90 Å². The SMILES string of the molecule is NCCc1cccc(C(=O)N2CCCCC2C(N)=O)c1. The van der Waals surface area contributed by atoms with Crippen LogP contribution in [0.3, 0.4) is 0 Å². The molecule has 1 aromatic rings. The predicted molar refractivity (Wildman–Crippen MR) is 77.1 cm³/mol. The lowest BCUT2D eigenvalue weighted by Gasteiger charge is -2.33. The normalized spacial score (nSPS) is 18.9. The van der Waals surface area contributed by atoms with Gasteiger partial charge in [0.15, 0.2) is 0 Å². The minimum Gasteiger partial charge on any atom is -0.368 e. The van der Waals surface area contributed by atoms with E-state index < -0.39 is 11.9 Å². The molecule has 2 amide bonds. The molecule has 0 aliphatic carbocycles. The van der Waals surface area contributed by atoms with Gasteiger partial charge in [-0.25, -0.2) is 0 Å². The highest BCUT2D eigenvalue weighted by atomic mass is 16.2. The molecule has 1 saturated heterocycles. The van der Waals surface area contributed by atoms with Crippen molar-refractivity contribution in [3.05, 3.63) is 35.4 Å². The lowest BCUT2D eigenvalue weighted by atomic mass is 9.99. The van der Waals surface area contributed by atoms with Gasteiger partial charge >= 0.3 is 0 Å². The summed E-state index contributed by atoms with van der Waals surface area (Å²) in [6.07, 6.45) is 3.24. The second-order valence-corrected chi connectivity index (χ2v) is 5.15. The van der Waals surface area contributed by atoms with Gasteiger partial charge in [-0.05, 0) is 49.9 Å². The number of primary amides is 1. The van der Waals surface area contributed by atoms with Crippen molar-refractivity contribution in [2.24, 2.45) is 11.5 Å². The fraction of sp³-hybridized carbons (Fsp3) is 0.467. The number of amides is 2. The molecule has 4 N–H and O–H groups in total. The van der Waals surface area contributed by atoms with Gasteiger partial charge in [-0.1, -0.05) is 12.1 Å². The van der Waals surface area contributed by atoms with Gasteiger partial charge in [0.25, 0.3) is 5.91 Å². The minimum atomic E-state index is -0.477. The molecule has 1 unspecified atom stereocenters. The number of benzene rings is 1. The molecule has 0 spiro atoms. The fourth-order valence-electron chi connectivity index (χ4n) is 2.66. The largest absolute Gasteiger partial charge is 0.368 e. The summed E-state index contributed by atoms with van der Waals surface area (Å²) in [4.78, 5) is 25.6. The lowest BCUT2D eigenvalue weighted by Crippen LogP contribution is -2.50. The number of nitrogens with zero attached hydrogens (tertiary/aromatic N) is 1. The third-order valence-electron chi connectivity index (χ3n) is 3.70. The van der Waals surface area contributed by atoms with E-state index in [9.17, 15) is 9.59 Å². The summed E-state index contributed by atoms with van der Waals surface area (Å²) in [5.41, 5.74) is 12.6. The van der Waals surface area contributed by atoms with Crippen LogP contribution in [0, 0.1) is 0 Å². The van der Waals surface area contributed by atoms with Crippen molar-refractivity contribution in [2.45, 2.75) is 31.7 Å². The van der Waals surface area contributed by atoms with Crippen LogP contribution in [0.15, 0.2) is 24.3 Å². The van der Waals surface area contributed by atoms with Gasteiger partial charge in [-0.2, -0.15) is 0 Å². The average Bonchev–Trinajstić information content (AvgIpc) is 2.47. The summed E-state index contributed by atoms with van der Waals surface area (Å²) in [6.45, 7) is 1.14. The molecule has 0 bridgehead atoms. The molecule has 5 heteroatoms. The number of piperidine rings is 1. The summed E-state index contributed by atoms with van der Waals surface area (Å²) in [7, 11) is 0. The molecule has 1 aliphatic heterocycles. The third kappa shape index (κ3) is 3.17. The second-order valence-electron chi connectivity index (χ2n) is 5.15. The molecule has 108 valence electrons. The highest BCUT2D eigenvalue weighted by Crippen LogP contribution is 2.20. The van der Waals surface area contributed by atoms with E-state index in [-0.39, 0.29) is 5.91 Å². The molecule has 0 radical (unpaired) electrons. The van der Waals surface area contributed by atoms with Crippen LogP contribution < -0.4 is 11.5 Å². The highest BCUT2D eigenvalue weighted by Gasteiger charge is 2.31. The van der Waals surface area contributed by atoms with Crippen molar-refractivity contribution in [3.63, 3.8) is 0 Å². The zero-order chi connectivity index (χ0) is 14.5. The zero-order valence-electron chi connectivity index (χ0n) is 11.5. The topological polar surface area (TPSA) is 89.4 Å². The molecule has 5 nitrogen and oxygen atoms in total. The van der Waals surface area contributed by atoms with Crippen LogP contribution in [-0.4, -0.2) is 35.8 Å². The van der Waals surface area contributed by atoms with E-state index in [1.54, 1.807) is 11.0 Å². The van der Waals surface area contributed by atoms with Gasteiger partial charge in [-0.15, -0.1) is 0 Å². The Morgan fingerprint density at radius 3 is 2.80 bits per heavy atom. The van der Waals surface area contributed by atoms with Crippen molar-refractivity contribution >= 4 is 11.8 Å². The van der Waals surface area contributed by atoms with Crippen molar-refractivity contribution in [1.29, 1.82) is 0 Å². The van der Waals surface area contributed by atoms with Crippen LogP contribution >= 0.6 is 0 Å². The number of carbonyl (C=O) groups excluding carboxylic acids is 2. The molecule has 0 saturated carbocycles. The summed E-state index contributed by atoms with van der Waals surface area (Å²) in [6, 6.07) is 6.94. The molecule has 1 heterocycles. The molecule has 1 aliphatic rings. The number of hydrogen-bond donors (Lipinski definition) is 2. The molecule has 1 atom stereocenters.